The van der Waals surface area contributed by atoms with Gasteiger partial charge in [0.25, 0.3) is 0 Å². The van der Waals surface area contributed by atoms with Gasteiger partial charge in [-0.05, 0) is 58.5 Å². The van der Waals surface area contributed by atoms with Crippen LogP contribution in [0.4, 0.5) is 0 Å². The molecule has 0 heterocycles. The fourth-order valence-electron chi connectivity index (χ4n) is 3.13. The van der Waals surface area contributed by atoms with Crippen LogP contribution < -0.4 is 0 Å². The Bertz CT molecular complexity index is 1010. The molecule has 4 aromatic carbocycles. The van der Waals surface area contributed by atoms with E-state index in [1.54, 1.807) is 12.1 Å². The van der Waals surface area contributed by atoms with E-state index in [4.69, 9.17) is 0 Å². The molecule has 1 nitrogen and oxygen atoms in total. The molecule has 0 amide bonds. The van der Waals surface area contributed by atoms with Crippen molar-refractivity contribution in [1.82, 2.24) is 0 Å². The van der Waals surface area contributed by atoms with Crippen molar-refractivity contribution in [2.75, 3.05) is 0 Å². The highest BCUT2D eigenvalue weighted by molar-refractivity contribution is 5.75. The van der Waals surface area contributed by atoms with Crippen LogP contribution in [0, 0.1) is 6.92 Å². The van der Waals surface area contributed by atoms with Gasteiger partial charge in [0.05, 0.1) is 0 Å². The molecule has 0 aliphatic carbocycles. The zero-order valence-corrected chi connectivity index (χ0v) is 14.7. The second-order valence-corrected chi connectivity index (χ2v) is 6.57. The smallest absolute Gasteiger partial charge is 0.115 e. The van der Waals surface area contributed by atoms with Gasteiger partial charge in [0.1, 0.15) is 5.75 Å². The molecule has 0 fully saturated rings. The van der Waals surface area contributed by atoms with Crippen LogP contribution >= 0.6 is 0 Å². The Morgan fingerprint density at radius 2 is 0.846 bits per heavy atom. The number of aromatic hydroxyl groups is 1. The molecule has 4 rings (SSSR count). The maximum Gasteiger partial charge on any atom is 0.115 e. The molecule has 126 valence electrons. The van der Waals surface area contributed by atoms with Gasteiger partial charge in [0.15, 0.2) is 0 Å². The monoisotopic (exact) mass is 336 g/mol. The van der Waals surface area contributed by atoms with E-state index in [2.05, 4.69) is 79.7 Å². The minimum atomic E-state index is 0.289. The maximum atomic E-state index is 9.47. The quantitative estimate of drug-likeness (QED) is 0.441. The summed E-state index contributed by atoms with van der Waals surface area (Å²) in [7, 11) is 0. The van der Waals surface area contributed by atoms with Crippen molar-refractivity contribution in [3.8, 4) is 39.1 Å². The number of aryl methyl sites for hydroxylation is 1. The highest BCUT2D eigenvalue weighted by atomic mass is 16.3. The van der Waals surface area contributed by atoms with Gasteiger partial charge in [-0.25, -0.2) is 0 Å². The van der Waals surface area contributed by atoms with Crippen LogP contribution in [0.15, 0.2) is 97.1 Å². The topological polar surface area (TPSA) is 20.2 Å². The highest BCUT2D eigenvalue weighted by Crippen LogP contribution is 2.29. The molecular weight excluding hydrogens is 316 g/mol. The minimum absolute atomic E-state index is 0.289. The van der Waals surface area contributed by atoms with E-state index in [9.17, 15) is 5.11 Å². The number of rotatable bonds is 3. The van der Waals surface area contributed by atoms with E-state index in [0.29, 0.717) is 0 Å². The van der Waals surface area contributed by atoms with E-state index < -0.39 is 0 Å². The Balaban J connectivity index is 1.64. The minimum Gasteiger partial charge on any atom is -0.508 e. The van der Waals surface area contributed by atoms with Gasteiger partial charge in [0, 0.05) is 0 Å². The van der Waals surface area contributed by atoms with Crippen LogP contribution in [0.2, 0.25) is 0 Å². The normalized spacial score (nSPS) is 10.7. The van der Waals surface area contributed by atoms with Crippen LogP contribution in [-0.4, -0.2) is 5.11 Å². The second kappa shape index (κ2) is 6.89. The molecule has 0 unspecified atom stereocenters. The van der Waals surface area contributed by atoms with Gasteiger partial charge < -0.3 is 5.11 Å². The van der Waals surface area contributed by atoms with Crippen LogP contribution in [0.25, 0.3) is 33.4 Å². The predicted molar refractivity (Wildman–Crippen MR) is 109 cm³/mol. The van der Waals surface area contributed by atoms with E-state index in [1.807, 2.05) is 12.1 Å². The average Bonchev–Trinajstić information content (AvgIpc) is 2.69. The van der Waals surface area contributed by atoms with E-state index in [0.717, 1.165) is 11.1 Å². The molecule has 26 heavy (non-hydrogen) atoms. The second-order valence-electron chi connectivity index (χ2n) is 6.57. The summed E-state index contributed by atoms with van der Waals surface area (Å²) in [6, 6.07) is 33.1. The molecule has 0 aliphatic rings. The third kappa shape index (κ3) is 3.38. The van der Waals surface area contributed by atoms with E-state index in [1.165, 1.54) is 27.8 Å². The first-order chi connectivity index (χ1) is 12.7. The van der Waals surface area contributed by atoms with Crippen molar-refractivity contribution in [3.63, 3.8) is 0 Å². The summed E-state index contributed by atoms with van der Waals surface area (Å²) in [4.78, 5) is 0. The van der Waals surface area contributed by atoms with Gasteiger partial charge in [-0.1, -0.05) is 84.4 Å². The van der Waals surface area contributed by atoms with Crippen molar-refractivity contribution in [1.29, 1.82) is 0 Å². The standard InChI is InChI=1S/C25H20O/c1-18-5-7-19(8-6-18)20-9-11-21(12-10-20)23-3-2-4-24(17-23)22-13-15-25(26)16-14-22/h2-17,26H,1H3. The Morgan fingerprint density at radius 3 is 1.35 bits per heavy atom. The number of hydrogen-bond donors (Lipinski definition) is 1. The van der Waals surface area contributed by atoms with Crippen molar-refractivity contribution < 1.29 is 5.11 Å². The molecule has 4 aromatic rings. The van der Waals surface area contributed by atoms with Crippen molar-refractivity contribution in [2.24, 2.45) is 0 Å². The molecule has 0 radical (unpaired) electrons. The van der Waals surface area contributed by atoms with Gasteiger partial charge in [-0.3, -0.25) is 0 Å². The molecule has 0 aliphatic heterocycles. The molecule has 0 saturated heterocycles. The average molecular weight is 336 g/mol. The number of hydrogen-bond acceptors (Lipinski definition) is 1. The molecule has 1 heteroatoms. The van der Waals surface area contributed by atoms with Crippen molar-refractivity contribution in [2.45, 2.75) is 6.92 Å². The molecule has 0 spiro atoms. The third-order valence-electron chi connectivity index (χ3n) is 4.67. The fourth-order valence-corrected chi connectivity index (χ4v) is 3.13. The molecule has 0 atom stereocenters. The van der Waals surface area contributed by atoms with E-state index in [-0.39, 0.29) is 5.75 Å². The first-order valence-corrected chi connectivity index (χ1v) is 8.76. The SMILES string of the molecule is Cc1ccc(-c2ccc(-c3cccc(-c4ccc(O)cc4)c3)cc2)cc1. The first-order valence-electron chi connectivity index (χ1n) is 8.76. The first kappa shape index (κ1) is 16.2. The Hall–Kier alpha value is -3.32. The summed E-state index contributed by atoms with van der Waals surface area (Å²) in [5, 5.41) is 9.47. The van der Waals surface area contributed by atoms with Crippen LogP contribution in [0.5, 0.6) is 5.75 Å². The largest absolute Gasteiger partial charge is 0.508 e. The lowest BCUT2D eigenvalue weighted by Crippen LogP contribution is -1.83. The van der Waals surface area contributed by atoms with Crippen molar-refractivity contribution >= 4 is 0 Å². The highest BCUT2D eigenvalue weighted by Gasteiger charge is 2.03. The molecule has 0 aromatic heterocycles. The zero-order valence-electron chi connectivity index (χ0n) is 14.7. The lowest BCUT2D eigenvalue weighted by atomic mass is 9.97. The molecule has 0 saturated carbocycles. The van der Waals surface area contributed by atoms with Gasteiger partial charge in [0.2, 0.25) is 0 Å². The summed E-state index contributed by atoms with van der Waals surface area (Å²) in [5.41, 5.74) is 8.36. The number of phenolic OH excluding ortho intramolecular Hbond substituents is 1. The summed E-state index contributed by atoms with van der Waals surface area (Å²) in [6.45, 7) is 2.11. The molecule has 1 N–H and O–H groups in total. The van der Waals surface area contributed by atoms with E-state index >= 15 is 0 Å². The van der Waals surface area contributed by atoms with Crippen molar-refractivity contribution in [3.05, 3.63) is 103 Å². The Morgan fingerprint density at radius 1 is 0.462 bits per heavy atom. The lowest BCUT2D eigenvalue weighted by molar-refractivity contribution is 0.475. The van der Waals surface area contributed by atoms with Gasteiger partial charge in [-0.15, -0.1) is 0 Å². The summed E-state index contributed by atoms with van der Waals surface area (Å²) in [6.07, 6.45) is 0. The third-order valence-corrected chi connectivity index (χ3v) is 4.67. The fraction of sp³-hybridized carbons (Fsp3) is 0.0400. The number of phenols is 1. The van der Waals surface area contributed by atoms with Crippen LogP contribution in [0.1, 0.15) is 5.56 Å². The Kier molecular flexibility index (Phi) is 4.28. The van der Waals surface area contributed by atoms with Gasteiger partial charge >= 0.3 is 0 Å². The number of benzene rings is 4. The van der Waals surface area contributed by atoms with Crippen LogP contribution in [-0.2, 0) is 0 Å². The summed E-state index contributed by atoms with van der Waals surface area (Å²) < 4.78 is 0. The summed E-state index contributed by atoms with van der Waals surface area (Å²) in [5.74, 6) is 0.289. The maximum absolute atomic E-state index is 9.47. The Labute approximate surface area is 154 Å². The summed E-state index contributed by atoms with van der Waals surface area (Å²) >= 11 is 0. The molecular formula is C25H20O. The predicted octanol–water partition coefficient (Wildman–Crippen LogP) is 6.70. The molecule has 0 bridgehead atoms. The van der Waals surface area contributed by atoms with Crippen LogP contribution in [0.3, 0.4) is 0 Å². The zero-order chi connectivity index (χ0) is 17.9. The lowest BCUT2D eigenvalue weighted by Gasteiger charge is -2.08. The van der Waals surface area contributed by atoms with Gasteiger partial charge in [-0.2, -0.15) is 0 Å².